The SMILES string of the molecule is Cl.O=C(O)CCN1CCCC(CN2CCCCCC2)C1. The van der Waals surface area contributed by atoms with Crippen molar-refractivity contribution >= 4 is 18.4 Å². The molecule has 2 heterocycles. The number of carboxylic acid groups (broad SMARTS) is 1. The van der Waals surface area contributed by atoms with Gasteiger partial charge in [0, 0.05) is 19.6 Å². The van der Waals surface area contributed by atoms with E-state index in [0.717, 1.165) is 25.6 Å². The van der Waals surface area contributed by atoms with Gasteiger partial charge in [-0.05, 0) is 51.2 Å². The van der Waals surface area contributed by atoms with Gasteiger partial charge in [0.1, 0.15) is 0 Å². The lowest BCUT2D eigenvalue weighted by Gasteiger charge is -2.35. The fourth-order valence-corrected chi connectivity index (χ4v) is 3.44. The smallest absolute Gasteiger partial charge is 0.304 e. The molecule has 0 saturated carbocycles. The Bertz CT molecular complexity index is 281. The van der Waals surface area contributed by atoms with Crippen LogP contribution in [0.5, 0.6) is 0 Å². The Balaban J connectivity index is 0.00000200. The summed E-state index contributed by atoms with van der Waals surface area (Å²) < 4.78 is 0. The summed E-state index contributed by atoms with van der Waals surface area (Å²) in [6.07, 6.45) is 8.34. The topological polar surface area (TPSA) is 43.8 Å². The monoisotopic (exact) mass is 304 g/mol. The number of hydrogen-bond acceptors (Lipinski definition) is 3. The second kappa shape index (κ2) is 9.59. The zero-order valence-electron chi connectivity index (χ0n) is 12.4. The van der Waals surface area contributed by atoms with Crippen LogP contribution in [0.15, 0.2) is 0 Å². The van der Waals surface area contributed by atoms with Crippen LogP contribution in [-0.2, 0) is 4.79 Å². The van der Waals surface area contributed by atoms with Gasteiger partial charge in [0.15, 0.2) is 0 Å². The van der Waals surface area contributed by atoms with E-state index in [1.165, 1.54) is 58.2 Å². The number of hydrogen-bond donors (Lipinski definition) is 1. The van der Waals surface area contributed by atoms with Gasteiger partial charge >= 0.3 is 5.97 Å². The lowest BCUT2D eigenvalue weighted by molar-refractivity contribution is -0.137. The van der Waals surface area contributed by atoms with Crippen molar-refractivity contribution in [2.45, 2.75) is 44.9 Å². The van der Waals surface area contributed by atoms with Gasteiger partial charge in [0.25, 0.3) is 0 Å². The summed E-state index contributed by atoms with van der Waals surface area (Å²) in [6, 6.07) is 0. The Kier molecular flexibility index (Phi) is 8.50. The minimum absolute atomic E-state index is 0. The van der Waals surface area contributed by atoms with Crippen molar-refractivity contribution in [3.05, 3.63) is 0 Å². The van der Waals surface area contributed by atoms with Gasteiger partial charge in [-0.2, -0.15) is 0 Å². The summed E-state index contributed by atoms with van der Waals surface area (Å²) in [7, 11) is 0. The molecule has 5 heteroatoms. The molecule has 0 aromatic rings. The van der Waals surface area contributed by atoms with Gasteiger partial charge in [-0.25, -0.2) is 0 Å². The molecule has 20 heavy (non-hydrogen) atoms. The van der Waals surface area contributed by atoms with Crippen molar-refractivity contribution in [1.29, 1.82) is 0 Å². The van der Waals surface area contributed by atoms with Crippen LogP contribution in [0.4, 0.5) is 0 Å². The van der Waals surface area contributed by atoms with Gasteiger partial charge in [0.2, 0.25) is 0 Å². The molecule has 0 radical (unpaired) electrons. The number of aliphatic carboxylic acids is 1. The van der Waals surface area contributed by atoms with Crippen molar-refractivity contribution in [3.63, 3.8) is 0 Å². The number of piperidine rings is 1. The second-order valence-corrected chi connectivity index (χ2v) is 6.17. The molecule has 4 nitrogen and oxygen atoms in total. The van der Waals surface area contributed by atoms with Crippen LogP contribution in [0.3, 0.4) is 0 Å². The number of rotatable bonds is 5. The fourth-order valence-electron chi connectivity index (χ4n) is 3.44. The third kappa shape index (κ3) is 6.42. The van der Waals surface area contributed by atoms with Crippen molar-refractivity contribution < 1.29 is 9.90 Å². The van der Waals surface area contributed by atoms with Crippen LogP contribution in [0, 0.1) is 5.92 Å². The molecule has 1 atom stereocenters. The van der Waals surface area contributed by atoms with E-state index < -0.39 is 5.97 Å². The summed E-state index contributed by atoms with van der Waals surface area (Å²) in [4.78, 5) is 15.6. The standard InChI is InChI=1S/C15H28N2O2.ClH/c18-15(19)7-11-17-10-5-6-14(13-17)12-16-8-3-1-2-4-9-16;/h14H,1-13H2,(H,18,19);1H. The number of halogens is 1. The van der Waals surface area contributed by atoms with E-state index in [4.69, 9.17) is 5.11 Å². The zero-order chi connectivity index (χ0) is 13.5. The summed E-state index contributed by atoms with van der Waals surface area (Å²) in [6.45, 7) is 6.68. The summed E-state index contributed by atoms with van der Waals surface area (Å²) >= 11 is 0. The predicted octanol–water partition coefficient (Wildman–Crippen LogP) is 2.47. The second-order valence-electron chi connectivity index (χ2n) is 6.17. The van der Waals surface area contributed by atoms with E-state index in [9.17, 15) is 4.79 Å². The summed E-state index contributed by atoms with van der Waals surface area (Å²) in [5.74, 6) is 0.0790. The highest BCUT2D eigenvalue weighted by Gasteiger charge is 2.22. The first-order chi connectivity index (χ1) is 9.24. The van der Waals surface area contributed by atoms with Gasteiger partial charge in [-0.15, -0.1) is 12.4 Å². The molecule has 1 N–H and O–H groups in total. The number of likely N-dealkylation sites (tertiary alicyclic amines) is 2. The molecule has 2 fully saturated rings. The van der Waals surface area contributed by atoms with Crippen LogP contribution in [-0.4, -0.2) is 60.1 Å². The zero-order valence-corrected chi connectivity index (χ0v) is 13.2. The first-order valence-corrected chi connectivity index (χ1v) is 7.90. The van der Waals surface area contributed by atoms with Gasteiger partial charge in [0.05, 0.1) is 6.42 Å². The summed E-state index contributed by atoms with van der Waals surface area (Å²) in [5.41, 5.74) is 0. The van der Waals surface area contributed by atoms with Crippen LogP contribution in [0.25, 0.3) is 0 Å². The van der Waals surface area contributed by atoms with Gasteiger partial charge < -0.3 is 14.9 Å². The first kappa shape index (κ1) is 17.7. The number of carbonyl (C=O) groups is 1. The van der Waals surface area contributed by atoms with E-state index in [1.54, 1.807) is 0 Å². The Hall–Kier alpha value is -0.320. The highest BCUT2D eigenvalue weighted by atomic mass is 35.5. The van der Waals surface area contributed by atoms with E-state index in [2.05, 4.69) is 9.80 Å². The summed E-state index contributed by atoms with van der Waals surface area (Å²) in [5, 5.41) is 8.77. The van der Waals surface area contributed by atoms with Gasteiger partial charge in [-0.1, -0.05) is 12.8 Å². The van der Waals surface area contributed by atoms with Crippen molar-refractivity contribution in [2.75, 3.05) is 39.3 Å². The number of carboxylic acids is 1. The van der Waals surface area contributed by atoms with Crippen LogP contribution < -0.4 is 0 Å². The highest BCUT2D eigenvalue weighted by molar-refractivity contribution is 5.85. The molecule has 2 rings (SSSR count). The molecule has 0 aromatic heterocycles. The van der Waals surface area contributed by atoms with E-state index in [1.807, 2.05) is 0 Å². The maximum Gasteiger partial charge on any atom is 0.304 e. The van der Waals surface area contributed by atoms with Crippen molar-refractivity contribution in [3.8, 4) is 0 Å². The molecule has 0 amide bonds. The van der Waals surface area contributed by atoms with E-state index in [0.29, 0.717) is 0 Å². The quantitative estimate of drug-likeness (QED) is 0.847. The molecule has 2 aliphatic rings. The molecule has 2 aliphatic heterocycles. The molecule has 0 spiro atoms. The molecule has 0 bridgehead atoms. The maximum absolute atomic E-state index is 10.6. The highest BCUT2D eigenvalue weighted by Crippen LogP contribution is 2.19. The molecule has 1 unspecified atom stereocenters. The van der Waals surface area contributed by atoms with Gasteiger partial charge in [-0.3, -0.25) is 4.79 Å². The Morgan fingerprint density at radius 2 is 1.65 bits per heavy atom. The Morgan fingerprint density at radius 1 is 1.00 bits per heavy atom. The molecular weight excluding hydrogens is 276 g/mol. The molecule has 0 aromatic carbocycles. The lowest BCUT2D eigenvalue weighted by Crippen LogP contribution is -2.42. The molecule has 118 valence electrons. The van der Waals surface area contributed by atoms with E-state index in [-0.39, 0.29) is 18.8 Å². The molecular formula is C15H29ClN2O2. The Labute approximate surface area is 128 Å². The third-order valence-electron chi connectivity index (χ3n) is 4.46. The largest absolute Gasteiger partial charge is 0.481 e. The fraction of sp³-hybridized carbons (Fsp3) is 0.933. The molecule has 0 aliphatic carbocycles. The maximum atomic E-state index is 10.6. The van der Waals surface area contributed by atoms with Crippen LogP contribution in [0.2, 0.25) is 0 Å². The third-order valence-corrected chi connectivity index (χ3v) is 4.46. The first-order valence-electron chi connectivity index (χ1n) is 7.90. The molecule has 2 saturated heterocycles. The van der Waals surface area contributed by atoms with Crippen molar-refractivity contribution in [1.82, 2.24) is 9.80 Å². The minimum Gasteiger partial charge on any atom is -0.481 e. The predicted molar refractivity (Wildman–Crippen MR) is 83.6 cm³/mol. The minimum atomic E-state index is -0.672. The lowest BCUT2D eigenvalue weighted by atomic mass is 9.97. The average Bonchev–Trinajstić information content (AvgIpc) is 2.65. The normalized spacial score (nSPS) is 25.7. The average molecular weight is 305 g/mol. The Morgan fingerprint density at radius 3 is 2.30 bits per heavy atom. The number of nitrogens with zero attached hydrogens (tertiary/aromatic N) is 2. The van der Waals surface area contributed by atoms with Crippen LogP contribution in [0.1, 0.15) is 44.9 Å². The van der Waals surface area contributed by atoms with Crippen molar-refractivity contribution in [2.24, 2.45) is 5.92 Å². The van der Waals surface area contributed by atoms with Crippen LogP contribution >= 0.6 is 12.4 Å². The van der Waals surface area contributed by atoms with E-state index >= 15 is 0 Å².